The summed E-state index contributed by atoms with van der Waals surface area (Å²) in [5.41, 5.74) is 30.3. The molecule has 4 aliphatic heterocycles. The maximum Gasteiger partial charge on any atom is 0.246 e. The molecule has 72 heavy (non-hydrogen) atoms. The number of hydrogen-bond acceptors (Lipinski definition) is 2. The van der Waals surface area contributed by atoms with Crippen LogP contribution in [0.3, 0.4) is 0 Å². The second-order valence-corrected chi connectivity index (χ2v) is 20.5. The van der Waals surface area contributed by atoms with E-state index in [9.17, 15) is 0 Å². The Morgan fingerprint density at radius 3 is 0.944 bits per heavy atom. The number of rotatable bonds is 2. The topological polar surface area (TPSA) is 6.48 Å². The standard InChI is InChI=1S/C68H42B2N2/c1-3-21-43(22-4-1)69-57-37-19-35-55-65(57)71(61-39-17-15-33-53(61)67(55)49-29-11-7-25-45(49)46-26-8-12-30-50(46)67)63-42-64-60(41-59(63)69)70(44-23-5-2-6-24-44)58-38-20-36-56-66(58)72(64)62-40-18-16-34-54(62)68(56)51-31-13-9-27-47(51)48-28-10-14-32-52(48)68/h1-42H. The SMILES string of the molecule is c1ccc(B2c3cc4c(cc3N3c5ccccc5C5(c6ccccc6-c6ccccc65)c5cccc2c53)N2c3ccccc3C3(c5ccccc5-c5ccccc53)c3cccc(c32)B4c2ccccc2)cc1. The molecule has 0 fully saturated rings. The first-order chi connectivity index (χ1) is 35.8. The number of hydrogen-bond donors (Lipinski definition) is 0. The van der Waals surface area contributed by atoms with E-state index in [1.165, 1.54) is 134 Å². The first kappa shape index (κ1) is 38.9. The molecule has 0 saturated heterocycles. The summed E-state index contributed by atoms with van der Waals surface area (Å²) in [6.45, 7) is -0.0566. The fourth-order valence-corrected chi connectivity index (χ4v) is 15.1. The van der Waals surface area contributed by atoms with Gasteiger partial charge >= 0.3 is 0 Å². The van der Waals surface area contributed by atoms with Crippen molar-refractivity contribution in [1.82, 2.24) is 0 Å². The molecular weight excluding hydrogens is 866 g/mol. The molecule has 2 spiro atoms. The van der Waals surface area contributed by atoms with Crippen LogP contribution in [0.4, 0.5) is 34.1 Å². The molecule has 2 aliphatic carbocycles. The van der Waals surface area contributed by atoms with Gasteiger partial charge in [-0.25, -0.2) is 0 Å². The Kier molecular flexibility index (Phi) is 7.53. The predicted molar refractivity (Wildman–Crippen MR) is 300 cm³/mol. The molecule has 0 bridgehead atoms. The minimum Gasteiger partial charge on any atom is -0.311 e. The second kappa shape index (κ2) is 13.9. The van der Waals surface area contributed by atoms with E-state index in [1.807, 2.05) is 0 Å². The summed E-state index contributed by atoms with van der Waals surface area (Å²) in [6, 6.07) is 97.6. The first-order valence-electron chi connectivity index (χ1n) is 25.5. The van der Waals surface area contributed by atoms with E-state index in [2.05, 4.69) is 265 Å². The lowest BCUT2D eigenvalue weighted by molar-refractivity contribution is 0.752. The van der Waals surface area contributed by atoms with Crippen LogP contribution < -0.4 is 42.6 Å². The number of fused-ring (bicyclic) bond motifs is 22. The van der Waals surface area contributed by atoms with Crippen LogP contribution in [-0.4, -0.2) is 13.4 Å². The van der Waals surface area contributed by atoms with Crippen LogP contribution in [0.1, 0.15) is 44.5 Å². The molecule has 0 amide bonds. The van der Waals surface area contributed by atoms with E-state index >= 15 is 0 Å². The van der Waals surface area contributed by atoms with Crippen molar-refractivity contribution < 1.29 is 0 Å². The smallest absolute Gasteiger partial charge is 0.246 e. The molecule has 0 atom stereocenters. The highest BCUT2D eigenvalue weighted by molar-refractivity contribution is 7.01. The summed E-state index contributed by atoms with van der Waals surface area (Å²) in [5, 5.41) is 0. The normalized spacial score (nSPS) is 15.3. The fourth-order valence-electron chi connectivity index (χ4n) is 15.1. The molecule has 330 valence electrons. The van der Waals surface area contributed by atoms with Crippen molar-refractivity contribution in [1.29, 1.82) is 0 Å². The van der Waals surface area contributed by atoms with E-state index in [0.717, 1.165) is 0 Å². The zero-order valence-corrected chi connectivity index (χ0v) is 39.3. The average molecular weight is 909 g/mol. The maximum atomic E-state index is 2.67. The molecule has 0 unspecified atom stereocenters. The van der Waals surface area contributed by atoms with Gasteiger partial charge in [0.25, 0.3) is 0 Å². The Morgan fingerprint density at radius 1 is 0.236 bits per heavy atom. The molecule has 0 aromatic heterocycles. The van der Waals surface area contributed by atoms with Crippen molar-refractivity contribution in [2.24, 2.45) is 0 Å². The van der Waals surface area contributed by atoms with Crippen molar-refractivity contribution in [3.63, 3.8) is 0 Å². The Balaban J connectivity index is 1.01. The van der Waals surface area contributed by atoms with Crippen molar-refractivity contribution >= 4 is 80.3 Å². The van der Waals surface area contributed by atoms with Crippen LogP contribution >= 0.6 is 0 Å². The van der Waals surface area contributed by atoms with Gasteiger partial charge in [0.2, 0.25) is 13.4 Å². The monoisotopic (exact) mass is 908 g/mol. The molecule has 2 nitrogen and oxygen atoms in total. The maximum absolute atomic E-state index is 2.67. The molecule has 4 heterocycles. The lowest BCUT2D eigenvalue weighted by Gasteiger charge is -2.51. The molecule has 0 N–H and O–H groups in total. The molecule has 11 aromatic carbocycles. The Bertz CT molecular complexity index is 3800. The van der Waals surface area contributed by atoms with Crippen molar-refractivity contribution in [3.8, 4) is 22.3 Å². The minimum absolute atomic E-state index is 0.0283. The molecule has 0 radical (unpaired) electrons. The van der Waals surface area contributed by atoms with Crippen LogP contribution in [0, 0.1) is 0 Å². The Labute approximate surface area is 420 Å². The second-order valence-electron chi connectivity index (χ2n) is 20.5. The van der Waals surface area contributed by atoms with Gasteiger partial charge < -0.3 is 9.80 Å². The minimum atomic E-state index is -0.515. The van der Waals surface area contributed by atoms with Crippen LogP contribution in [0.5, 0.6) is 0 Å². The number of nitrogens with zero attached hydrogens (tertiary/aromatic N) is 2. The van der Waals surface area contributed by atoms with Gasteiger partial charge in [-0.1, -0.05) is 248 Å². The highest BCUT2D eigenvalue weighted by Crippen LogP contribution is 2.66. The van der Waals surface area contributed by atoms with E-state index in [1.54, 1.807) is 0 Å². The molecule has 6 aliphatic rings. The quantitative estimate of drug-likeness (QED) is 0.160. The lowest BCUT2D eigenvalue weighted by atomic mass is 9.31. The summed E-state index contributed by atoms with van der Waals surface area (Å²) in [6.07, 6.45) is 0. The van der Waals surface area contributed by atoms with Gasteiger partial charge in [-0.3, -0.25) is 0 Å². The van der Waals surface area contributed by atoms with E-state index in [0.29, 0.717) is 0 Å². The van der Waals surface area contributed by atoms with Crippen LogP contribution in [0.25, 0.3) is 22.3 Å². The Hall–Kier alpha value is -8.85. The van der Waals surface area contributed by atoms with Gasteiger partial charge in [-0.15, -0.1) is 0 Å². The van der Waals surface area contributed by atoms with Crippen molar-refractivity contribution in [2.75, 3.05) is 9.80 Å². The zero-order valence-electron chi connectivity index (χ0n) is 39.3. The third-order valence-corrected chi connectivity index (χ3v) is 17.6. The molecule has 17 rings (SSSR count). The summed E-state index contributed by atoms with van der Waals surface area (Å²) >= 11 is 0. The average Bonchev–Trinajstić information content (AvgIpc) is 3.92. The zero-order chi connectivity index (χ0) is 46.9. The van der Waals surface area contributed by atoms with Gasteiger partial charge in [0.15, 0.2) is 0 Å². The number of anilines is 6. The molecule has 0 saturated carbocycles. The lowest BCUT2D eigenvalue weighted by Crippen LogP contribution is -2.63. The summed E-state index contributed by atoms with van der Waals surface area (Å²) in [4.78, 5) is 5.34. The highest BCUT2D eigenvalue weighted by Gasteiger charge is 2.57. The fraction of sp³-hybridized carbons (Fsp3) is 0.0294. The summed E-state index contributed by atoms with van der Waals surface area (Å²) in [7, 11) is 0. The van der Waals surface area contributed by atoms with Crippen molar-refractivity contribution in [2.45, 2.75) is 10.8 Å². The van der Waals surface area contributed by atoms with E-state index < -0.39 is 10.8 Å². The third-order valence-electron chi connectivity index (χ3n) is 17.6. The van der Waals surface area contributed by atoms with Gasteiger partial charge in [-0.2, -0.15) is 0 Å². The van der Waals surface area contributed by atoms with Crippen LogP contribution in [0.15, 0.2) is 255 Å². The summed E-state index contributed by atoms with van der Waals surface area (Å²) in [5.74, 6) is 0. The van der Waals surface area contributed by atoms with Gasteiger partial charge in [0.05, 0.1) is 22.2 Å². The van der Waals surface area contributed by atoms with E-state index in [-0.39, 0.29) is 13.4 Å². The van der Waals surface area contributed by atoms with Crippen LogP contribution in [0.2, 0.25) is 0 Å². The molecular formula is C68H42B2N2. The largest absolute Gasteiger partial charge is 0.311 e. The van der Waals surface area contributed by atoms with Gasteiger partial charge in [0.1, 0.15) is 0 Å². The number of para-hydroxylation sites is 4. The number of benzene rings is 11. The van der Waals surface area contributed by atoms with Crippen molar-refractivity contribution in [3.05, 3.63) is 299 Å². The molecule has 11 aromatic rings. The van der Waals surface area contributed by atoms with Gasteiger partial charge in [-0.05, 0) is 107 Å². The summed E-state index contributed by atoms with van der Waals surface area (Å²) < 4.78 is 0. The Morgan fingerprint density at radius 2 is 0.556 bits per heavy atom. The van der Waals surface area contributed by atoms with Crippen LogP contribution in [-0.2, 0) is 10.8 Å². The van der Waals surface area contributed by atoms with E-state index in [4.69, 9.17) is 0 Å². The first-order valence-corrected chi connectivity index (χ1v) is 25.5. The van der Waals surface area contributed by atoms with Gasteiger partial charge in [0, 0.05) is 22.7 Å². The molecule has 4 heteroatoms. The highest BCUT2D eigenvalue weighted by atomic mass is 15.2. The predicted octanol–water partition coefficient (Wildman–Crippen LogP) is 11.6. The third kappa shape index (κ3) is 4.52.